The molecule has 0 saturated carbocycles. The maximum absolute atomic E-state index is 12.6. The molecule has 15 nitrogen and oxygen atoms in total. The monoisotopic (exact) mass is 580 g/mol. The van der Waals surface area contributed by atoms with Crippen LogP contribution in [-0.2, 0) is 30.5 Å². The molecule has 0 radical (unpaired) electrons. The van der Waals surface area contributed by atoms with Crippen molar-refractivity contribution >= 4 is 41.4 Å². The van der Waals surface area contributed by atoms with Gasteiger partial charge in [-0.05, 0) is 44.2 Å². The van der Waals surface area contributed by atoms with Crippen LogP contribution in [0.5, 0.6) is 0 Å². The number of hydrogen-bond acceptors (Lipinski definition) is 9. The average molecular weight is 581 g/mol. The number of nitrogens with zero attached hydrogens (tertiary/aromatic N) is 2. The van der Waals surface area contributed by atoms with Gasteiger partial charge in [-0.25, -0.2) is 14.5 Å². The van der Waals surface area contributed by atoms with Crippen LogP contribution in [0.4, 0.5) is 10.5 Å². The number of nitro benzene ring substituents is 1. The summed E-state index contributed by atoms with van der Waals surface area (Å²) in [4.78, 5) is 79.2. The van der Waals surface area contributed by atoms with E-state index in [-0.39, 0.29) is 24.9 Å². The van der Waals surface area contributed by atoms with Crippen molar-refractivity contribution in [2.24, 2.45) is 5.41 Å². The molecular formula is C26H36N4O11. The lowest BCUT2D eigenvalue weighted by Gasteiger charge is -2.40. The number of imide groups is 2. The molecule has 0 bridgehead atoms. The average Bonchev–Trinajstić information content (AvgIpc) is 2.90. The molecular weight excluding hydrogens is 544 g/mol. The fourth-order valence-electron chi connectivity index (χ4n) is 4.15. The number of barbiturate groups is 1. The molecule has 1 aliphatic rings. The summed E-state index contributed by atoms with van der Waals surface area (Å²) >= 11 is 0. The minimum Gasteiger partial charge on any atom is -0.481 e. The first-order valence-electron chi connectivity index (χ1n) is 13.1. The summed E-state index contributed by atoms with van der Waals surface area (Å²) in [7, 11) is 0. The summed E-state index contributed by atoms with van der Waals surface area (Å²) in [5, 5.41) is 42.0. The third kappa shape index (κ3) is 10.3. The number of rotatable bonds is 16. The number of benzene rings is 1. The van der Waals surface area contributed by atoms with Gasteiger partial charge in [-0.15, -0.1) is 0 Å². The fourth-order valence-corrected chi connectivity index (χ4v) is 4.15. The summed E-state index contributed by atoms with van der Waals surface area (Å²) in [6, 6.07) is 3.68. The first kappa shape index (κ1) is 34.6. The second kappa shape index (κ2) is 16.6. The Bertz CT molecular complexity index is 1120. The number of nitrogens with one attached hydrogen (secondary N) is 2. The van der Waals surface area contributed by atoms with E-state index in [1.54, 1.807) is 26.0 Å². The highest BCUT2D eigenvalue weighted by molar-refractivity contribution is 6.20. The highest BCUT2D eigenvalue weighted by Gasteiger charge is 2.54. The van der Waals surface area contributed by atoms with Gasteiger partial charge in [-0.2, -0.15) is 0 Å². The topological polar surface area (TPSA) is 234 Å². The molecule has 226 valence electrons. The quantitative estimate of drug-likeness (QED) is 0.0821. The molecule has 4 amide bonds. The number of unbranched alkanes of at least 4 members (excludes halogenated alkanes) is 2. The second-order valence-electron chi connectivity index (χ2n) is 9.31. The lowest BCUT2D eigenvalue weighted by Crippen LogP contribution is -2.67. The first-order valence-corrected chi connectivity index (χ1v) is 13.1. The lowest BCUT2D eigenvalue weighted by atomic mass is 9.78. The smallest absolute Gasteiger partial charge is 0.331 e. The normalized spacial score (nSPS) is 14.9. The Balaban J connectivity index is 0.000000414. The minimum atomic E-state index is -1.63. The first-order chi connectivity index (χ1) is 19.3. The molecule has 5 N–H and O–H groups in total. The molecule has 0 spiro atoms. The molecule has 1 saturated heterocycles. The van der Waals surface area contributed by atoms with Crippen LogP contribution in [0.25, 0.3) is 0 Å². The van der Waals surface area contributed by atoms with Gasteiger partial charge >= 0.3 is 23.9 Å². The summed E-state index contributed by atoms with van der Waals surface area (Å²) in [5.41, 5.74) is -0.418. The van der Waals surface area contributed by atoms with Crippen molar-refractivity contribution in [3.05, 3.63) is 39.9 Å². The van der Waals surface area contributed by atoms with Gasteiger partial charge in [-0.1, -0.05) is 32.4 Å². The number of carbonyl (C=O) groups is 6. The third-order valence-corrected chi connectivity index (χ3v) is 6.66. The van der Waals surface area contributed by atoms with E-state index in [1.807, 2.05) is 5.32 Å². The van der Waals surface area contributed by atoms with Crippen molar-refractivity contribution in [3.8, 4) is 0 Å². The molecule has 1 aromatic rings. The van der Waals surface area contributed by atoms with Crippen molar-refractivity contribution in [1.29, 1.82) is 0 Å². The Morgan fingerprint density at radius 1 is 0.976 bits per heavy atom. The Morgan fingerprint density at radius 2 is 1.56 bits per heavy atom. The molecule has 1 atom stereocenters. The zero-order valence-electron chi connectivity index (χ0n) is 23.0. The molecule has 41 heavy (non-hydrogen) atoms. The molecule has 0 aromatic heterocycles. The van der Waals surface area contributed by atoms with Gasteiger partial charge in [0.2, 0.25) is 11.8 Å². The Kier molecular flexibility index (Phi) is 14.1. The van der Waals surface area contributed by atoms with E-state index in [4.69, 9.17) is 10.2 Å². The maximum Gasteiger partial charge on any atom is 0.331 e. The van der Waals surface area contributed by atoms with E-state index in [0.29, 0.717) is 17.9 Å². The number of carboxylic acids is 3. The number of carbonyl (C=O) groups excluding carboxylic acids is 3. The van der Waals surface area contributed by atoms with Gasteiger partial charge < -0.3 is 20.6 Å². The van der Waals surface area contributed by atoms with Gasteiger partial charge in [0.15, 0.2) is 0 Å². The van der Waals surface area contributed by atoms with Crippen molar-refractivity contribution in [2.45, 2.75) is 77.8 Å². The maximum atomic E-state index is 12.6. The van der Waals surface area contributed by atoms with Crippen molar-refractivity contribution in [1.82, 2.24) is 15.5 Å². The number of hydrogen-bond donors (Lipinski definition) is 5. The van der Waals surface area contributed by atoms with Crippen LogP contribution in [0.2, 0.25) is 0 Å². The zero-order valence-corrected chi connectivity index (χ0v) is 23.0. The van der Waals surface area contributed by atoms with Crippen LogP contribution < -0.4 is 10.6 Å². The van der Waals surface area contributed by atoms with Gasteiger partial charge in [0, 0.05) is 31.5 Å². The molecule has 1 heterocycles. The largest absolute Gasteiger partial charge is 0.481 e. The van der Waals surface area contributed by atoms with E-state index < -0.39 is 65.0 Å². The molecule has 0 aliphatic carbocycles. The summed E-state index contributed by atoms with van der Waals surface area (Å²) < 4.78 is 0. The number of urea groups is 1. The molecule has 1 unspecified atom stereocenters. The van der Waals surface area contributed by atoms with Crippen molar-refractivity contribution in [3.63, 3.8) is 0 Å². The number of carboxylic acid groups (broad SMARTS) is 3. The summed E-state index contributed by atoms with van der Waals surface area (Å²) in [6.07, 6.45) is 2.00. The highest BCUT2D eigenvalue weighted by Crippen LogP contribution is 2.33. The lowest BCUT2D eigenvalue weighted by molar-refractivity contribution is -0.384. The van der Waals surface area contributed by atoms with Crippen LogP contribution >= 0.6 is 0 Å². The standard InChI is InChI=1S/C13H18N2O7.C13H18N2O4/c1-3-13(4-2)10(20)14-12(22)15(11(13)21)7(9(18)19)5-6-8(16)17;16-13(17)4-2-1-3-9-14-10-11-5-7-12(8-6-11)15(18)19/h7H,3-6H2,1-2H3,(H,16,17)(H,18,19)(H,14,20,22);5-8,14H,1-4,9-10H2,(H,16,17). The van der Waals surface area contributed by atoms with E-state index in [9.17, 15) is 44.0 Å². The van der Waals surface area contributed by atoms with Gasteiger partial charge in [-0.3, -0.25) is 34.6 Å². The SMILES string of the molecule is CCC1(CC)C(=O)NC(=O)N(C(CCC(=O)O)C(=O)O)C1=O.O=C(O)CCCCCNCc1ccc([N+](=O)[O-])cc1. The molecule has 2 rings (SSSR count). The molecule has 15 heteroatoms. The highest BCUT2D eigenvalue weighted by atomic mass is 16.6. The van der Waals surface area contributed by atoms with Crippen LogP contribution in [0, 0.1) is 15.5 Å². The second-order valence-corrected chi connectivity index (χ2v) is 9.31. The van der Waals surface area contributed by atoms with Gasteiger partial charge in [0.05, 0.1) is 4.92 Å². The van der Waals surface area contributed by atoms with Crippen LogP contribution in [0.3, 0.4) is 0 Å². The van der Waals surface area contributed by atoms with Crippen molar-refractivity contribution < 1.29 is 49.0 Å². The third-order valence-electron chi connectivity index (χ3n) is 6.66. The van der Waals surface area contributed by atoms with E-state index in [1.165, 1.54) is 12.1 Å². The fraction of sp³-hybridized carbons (Fsp3) is 0.538. The van der Waals surface area contributed by atoms with E-state index >= 15 is 0 Å². The zero-order chi connectivity index (χ0) is 31.2. The van der Waals surface area contributed by atoms with Crippen molar-refractivity contribution in [2.75, 3.05) is 6.54 Å². The summed E-state index contributed by atoms with van der Waals surface area (Å²) in [6.45, 7) is 4.65. The van der Waals surface area contributed by atoms with E-state index in [2.05, 4.69) is 5.32 Å². The van der Waals surface area contributed by atoms with Crippen LogP contribution in [-0.4, -0.2) is 73.5 Å². The van der Waals surface area contributed by atoms with Crippen LogP contribution in [0.15, 0.2) is 24.3 Å². The number of nitro groups is 1. The molecule has 1 aromatic carbocycles. The summed E-state index contributed by atoms with van der Waals surface area (Å²) in [5.74, 6) is -5.15. The number of non-ortho nitro benzene ring substituents is 1. The predicted octanol–water partition coefficient (Wildman–Crippen LogP) is 2.52. The number of aliphatic carboxylic acids is 3. The van der Waals surface area contributed by atoms with E-state index in [0.717, 1.165) is 24.9 Å². The number of amides is 4. The Morgan fingerprint density at radius 3 is 2.05 bits per heavy atom. The Hall–Kier alpha value is -4.40. The predicted molar refractivity (Wildman–Crippen MR) is 143 cm³/mol. The van der Waals surface area contributed by atoms with Gasteiger partial charge in [0.25, 0.3) is 5.69 Å². The Labute approximate surface area is 236 Å². The molecule has 1 aliphatic heterocycles. The minimum absolute atomic E-state index is 0.0948. The van der Waals surface area contributed by atoms with Crippen LogP contribution in [0.1, 0.15) is 70.8 Å². The molecule has 1 fully saturated rings. The van der Waals surface area contributed by atoms with Gasteiger partial charge in [0.1, 0.15) is 11.5 Å².